The summed E-state index contributed by atoms with van der Waals surface area (Å²) < 4.78 is 26.7. The standard InChI is InChI=1S/C13H17N3O2S/c1-10(2)13-4-3-7-16(13)19(17,18)12-6-5-11(8-14)15-9-12/h5-6,9-10,13H,3-4,7H2,1-2H3. The summed E-state index contributed by atoms with van der Waals surface area (Å²) >= 11 is 0. The van der Waals surface area contributed by atoms with E-state index in [4.69, 9.17) is 5.26 Å². The monoisotopic (exact) mass is 279 g/mol. The van der Waals surface area contributed by atoms with E-state index in [1.807, 2.05) is 19.9 Å². The highest BCUT2D eigenvalue weighted by Crippen LogP contribution is 2.29. The summed E-state index contributed by atoms with van der Waals surface area (Å²) in [5, 5.41) is 8.69. The van der Waals surface area contributed by atoms with Gasteiger partial charge in [-0.2, -0.15) is 9.57 Å². The van der Waals surface area contributed by atoms with Gasteiger partial charge in [0, 0.05) is 18.8 Å². The van der Waals surface area contributed by atoms with Gasteiger partial charge >= 0.3 is 0 Å². The van der Waals surface area contributed by atoms with E-state index in [1.54, 1.807) is 4.31 Å². The molecule has 0 aromatic carbocycles. The molecule has 102 valence electrons. The summed E-state index contributed by atoms with van der Waals surface area (Å²) in [7, 11) is -3.50. The van der Waals surface area contributed by atoms with Crippen molar-refractivity contribution in [3.8, 4) is 6.07 Å². The molecule has 0 radical (unpaired) electrons. The first-order chi connectivity index (χ1) is 8.96. The van der Waals surface area contributed by atoms with E-state index < -0.39 is 10.0 Å². The van der Waals surface area contributed by atoms with Gasteiger partial charge in [0.25, 0.3) is 0 Å². The first kappa shape index (κ1) is 14.0. The minimum absolute atomic E-state index is 0.0562. The van der Waals surface area contributed by atoms with Crippen molar-refractivity contribution in [1.29, 1.82) is 5.26 Å². The van der Waals surface area contributed by atoms with Crippen LogP contribution in [0.5, 0.6) is 0 Å². The average molecular weight is 279 g/mol. The van der Waals surface area contributed by atoms with Crippen LogP contribution in [-0.2, 0) is 10.0 Å². The largest absolute Gasteiger partial charge is 0.244 e. The van der Waals surface area contributed by atoms with E-state index in [0.717, 1.165) is 12.8 Å². The third-order valence-electron chi connectivity index (χ3n) is 3.48. The number of nitrogens with zero attached hydrogens (tertiary/aromatic N) is 3. The van der Waals surface area contributed by atoms with Crippen molar-refractivity contribution in [1.82, 2.24) is 9.29 Å². The lowest BCUT2D eigenvalue weighted by molar-refractivity contribution is 0.315. The van der Waals surface area contributed by atoms with E-state index >= 15 is 0 Å². The van der Waals surface area contributed by atoms with Crippen molar-refractivity contribution in [2.24, 2.45) is 5.92 Å². The summed E-state index contributed by atoms with van der Waals surface area (Å²) in [6.45, 7) is 4.64. The smallest absolute Gasteiger partial charge is 0.244 e. The summed E-state index contributed by atoms with van der Waals surface area (Å²) in [5.41, 5.74) is 0.223. The molecule has 1 aromatic heterocycles. The molecule has 5 nitrogen and oxygen atoms in total. The van der Waals surface area contributed by atoms with Crippen molar-refractivity contribution in [2.75, 3.05) is 6.54 Å². The van der Waals surface area contributed by atoms with Crippen molar-refractivity contribution in [3.05, 3.63) is 24.0 Å². The predicted molar refractivity (Wildman–Crippen MR) is 70.7 cm³/mol. The first-order valence-electron chi connectivity index (χ1n) is 6.35. The topological polar surface area (TPSA) is 74.1 Å². The van der Waals surface area contributed by atoms with Gasteiger partial charge in [-0.05, 0) is 30.9 Å². The van der Waals surface area contributed by atoms with E-state index in [1.165, 1.54) is 18.3 Å². The van der Waals surface area contributed by atoms with Gasteiger partial charge in [0.15, 0.2) is 0 Å². The normalized spacial score (nSPS) is 20.6. The molecule has 1 unspecified atom stereocenters. The highest BCUT2D eigenvalue weighted by atomic mass is 32.2. The zero-order valence-corrected chi connectivity index (χ0v) is 11.9. The van der Waals surface area contributed by atoms with Crippen LogP contribution >= 0.6 is 0 Å². The van der Waals surface area contributed by atoms with Crippen LogP contribution in [0.4, 0.5) is 0 Å². The maximum atomic E-state index is 12.6. The summed E-state index contributed by atoms with van der Waals surface area (Å²) in [6, 6.07) is 4.83. The third-order valence-corrected chi connectivity index (χ3v) is 5.38. The minimum Gasteiger partial charge on any atom is -0.244 e. The fraction of sp³-hybridized carbons (Fsp3) is 0.538. The third kappa shape index (κ3) is 2.62. The molecule has 1 aliphatic heterocycles. The second kappa shape index (κ2) is 5.27. The molecule has 0 saturated carbocycles. The summed E-state index contributed by atoms with van der Waals surface area (Å²) in [5.74, 6) is 0.295. The Morgan fingerprint density at radius 3 is 2.74 bits per heavy atom. The first-order valence-corrected chi connectivity index (χ1v) is 7.79. The molecule has 2 rings (SSSR count). The Morgan fingerprint density at radius 1 is 1.47 bits per heavy atom. The molecule has 1 fully saturated rings. The molecule has 1 aromatic rings. The fourth-order valence-corrected chi connectivity index (χ4v) is 4.24. The molecular weight excluding hydrogens is 262 g/mol. The number of rotatable bonds is 3. The van der Waals surface area contributed by atoms with E-state index in [-0.39, 0.29) is 16.6 Å². The Kier molecular flexibility index (Phi) is 3.88. The molecular formula is C13H17N3O2S. The quantitative estimate of drug-likeness (QED) is 0.845. The Labute approximate surface area is 113 Å². The van der Waals surface area contributed by atoms with Crippen molar-refractivity contribution < 1.29 is 8.42 Å². The fourth-order valence-electron chi connectivity index (χ4n) is 2.46. The number of sulfonamides is 1. The molecule has 19 heavy (non-hydrogen) atoms. The molecule has 0 spiro atoms. The number of nitriles is 1. The lowest BCUT2D eigenvalue weighted by atomic mass is 10.0. The molecule has 0 N–H and O–H groups in total. The van der Waals surface area contributed by atoms with E-state index in [2.05, 4.69) is 4.98 Å². The highest BCUT2D eigenvalue weighted by Gasteiger charge is 2.36. The van der Waals surface area contributed by atoms with Gasteiger partial charge < -0.3 is 0 Å². The predicted octanol–water partition coefficient (Wildman–Crippen LogP) is 1.76. The lowest BCUT2D eigenvalue weighted by Gasteiger charge is -2.26. The van der Waals surface area contributed by atoms with Crippen molar-refractivity contribution in [2.45, 2.75) is 37.6 Å². The maximum absolute atomic E-state index is 12.6. The number of hydrogen-bond acceptors (Lipinski definition) is 4. The molecule has 0 amide bonds. The van der Waals surface area contributed by atoms with Crippen LogP contribution in [0.15, 0.2) is 23.2 Å². The minimum atomic E-state index is -3.50. The van der Waals surface area contributed by atoms with Gasteiger partial charge in [-0.15, -0.1) is 0 Å². The van der Waals surface area contributed by atoms with Crippen LogP contribution in [0.25, 0.3) is 0 Å². The van der Waals surface area contributed by atoms with Gasteiger partial charge in [-0.25, -0.2) is 13.4 Å². The van der Waals surface area contributed by atoms with Crippen LogP contribution in [0, 0.1) is 17.2 Å². The summed E-state index contributed by atoms with van der Waals surface area (Å²) in [6.07, 6.45) is 3.07. The Morgan fingerprint density at radius 2 is 2.21 bits per heavy atom. The second-order valence-electron chi connectivity index (χ2n) is 5.06. The number of hydrogen-bond donors (Lipinski definition) is 0. The zero-order chi connectivity index (χ0) is 14.0. The van der Waals surface area contributed by atoms with Gasteiger partial charge in [-0.3, -0.25) is 0 Å². The van der Waals surface area contributed by atoms with Crippen LogP contribution < -0.4 is 0 Å². The Hall–Kier alpha value is -1.45. The number of aromatic nitrogens is 1. The molecule has 1 atom stereocenters. The van der Waals surface area contributed by atoms with Crippen LogP contribution in [0.1, 0.15) is 32.4 Å². The maximum Gasteiger partial charge on any atom is 0.244 e. The van der Waals surface area contributed by atoms with Gasteiger partial charge in [0.1, 0.15) is 16.7 Å². The van der Waals surface area contributed by atoms with Gasteiger partial charge in [0.05, 0.1) is 0 Å². The van der Waals surface area contributed by atoms with E-state index in [9.17, 15) is 8.42 Å². The highest BCUT2D eigenvalue weighted by molar-refractivity contribution is 7.89. The van der Waals surface area contributed by atoms with Crippen LogP contribution in [0.3, 0.4) is 0 Å². The second-order valence-corrected chi connectivity index (χ2v) is 6.95. The molecule has 1 saturated heterocycles. The molecule has 0 aliphatic carbocycles. The Balaban J connectivity index is 2.34. The molecule has 6 heteroatoms. The van der Waals surface area contributed by atoms with Crippen molar-refractivity contribution in [3.63, 3.8) is 0 Å². The average Bonchev–Trinajstić information content (AvgIpc) is 2.89. The van der Waals surface area contributed by atoms with E-state index in [0.29, 0.717) is 12.5 Å². The SMILES string of the molecule is CC(C)C1CCCN1S(=O)(=O)c1ccc(C#N)nc1. The Bertz CT molecular complexity index is 587. The molecule has 1 aliphatic rings. The van der Waals surface area contributed by atoms with Crippen LogP contribution in [-0.4, -0.2) is 30.3 Å². The van der Waals surface area contributed by atoms with Gasteiger partial charge in [-0.1, -0.05) is 13.8 Å². The molecule has 0 bridgehead atoms. The van der Waals surface area contributed by atoms with Gasteiger partial charge in [0.2, 0.25) is 10.0 Å². The number of pyridine rings is 1. The molecule has 2 heterocycles. The van der Waals surface area contributed by atoms with Crippen LogP contribution in [0.2, 0.25) is 0 Å². The zero-order valence-electron chi connectivity index (χ0n) is 11.1. The summed E-state index contributed by atoms with van der Waals surface area (Å²) in [4.78, 5) is 4.00. The van der Waals surface area contributed by atoms with Crippen molar-refractivity contribution >= 4 is 10.0 Å². The lowest BCUT2D eigenvalue weighted by Crippen LogP contribution is -2.38.